The van der Waals surface area contributed by atoms with E-state index < -0.39 is 0 Å². The first-order chi connectivity index (χ1) is 9.70. The van der Waals surface area contributed by atoms with Crippen LogP contribution < -0.4 is 10.1 Å². The molecule has 0 aliphatic carbocycles. The van der Waals surface area contributed by atoms with E-state index in [0.29, 0.717) is 12.1 Å². The monoisotopic (exact) mass is 277 g/mol. The number of nitrogens with one attached hydrogen (secondary N) is 1. The molecule has 1 aromatic carbocycles. The molecule has 0 saturated carbocycles. The van der Waals surface area contributed by atoms with Crippen LogP contribution >= 0.6 is 0 Å². The molecular weight excluding hydrogens is 250 g/mol. The summed E-state index contributed by atoms with van der Waals surface area (Å²) in [6.45, 7) is 9.20. The summed E-state index contributed by atoms with van der Waals surface area (Å²) in [5, 5.41) is 3.55. The van der Waals surface area contributed by atoms with Crippen molar-refractivity contribution in [3.8, 4) is 5.75 Å². The SMILES string of the molecule is CCCNC(C)c1cc(C)ccc1OC1CCOCC1. The van der Waals surface area contributed by atoms with Gasteiger partial charge in [-0.15, -0.1) is 0 Å². The van der Waals surface area contributed by atoms with Crippen LogP contribution in [0.3, 0.4) is 0 Å². The topological polar surface area (TPSA) is 30.5 Å². The lowest BCUT2D eigenvalue weighted by molar-refractivity contribution is 0.0250. The Bertz CT molecular complexity index is 413. The van der Waals surface area contributed by atoms with Crippen molar-refractivity contribution in [2.45, 2.75) is 52.2 Å². The van der Waals surface area contributed by atoms with Gasteiger partial charge in [-0.2, -0.15) is 0 Å². The van der Waals surface area contributed by atoms with Gasteiger partial charge in [-0.3, -0.25) is 0 Å². The molecule has 1 aliphatic rings. The van der Waals surface area contributed by atoms with E-state index in [1.54, 1.807) is 0 Å². The molecule has 0 radical (unpaired) electrons. The van der Waals surface area contributed by atoms with E-state index in [-0.39, 0.29) is 0 Å². The first kappa shape index (κ1) is 15.3. The van der Waals surface area contributed by atoms with Gasteiger partial charge in [0.25, 0.3) is 0 Å². The molecule has 1 fully saturated rings. The molecule has 1 aliphatic heterocycles. The van der Waals surface area contributed by atoms with Crippen LogP contribution in [0.25, 0.3) is 0 Å². The molecule has 20 heavy (non-hydrogen) atoms. The molecule has 0 spiro atoms. The second kappa shape index (κ2) is 7.65. The van der Waals surface area contributed by atoms with Gasteiger partial charge in [-0.1, -0.05) is 24.6 Å². The predicted octanol–water partition coefficient (Wildman–Crippen LogP) is 3.61. The van der Waals surface area contributed by atoms with Gasteiger partial charge in [0.15, 0.2) is 0 Å². The van der Waals surface area contributed by atoms with E-state index in [1.165, 1.54) is 11.1 Å². The molecule has 1 unspecified atom stereocenters. The molecule has 0 aromatic heterocycles. The Labute approximate surface area is 122 Å². The third-order valence-corrected chi connectivity index (χ3v) is 3.79. The van der Waals surface area contributed by atoms with Gasteiger partial charge < -0.3 is 14.8 Å². The molecule has 1 atom stereocenters. The van der Waals surface area contributed by atoms with Crippen LogP contribution in [-0.2, 0) is 4.74 Å². The Hall–Kier alpha value is -1.06. The Balaban J connectivity index is 2.09. The van der Waals surface area contributed by atoms with Crippen molar-refractivity contribution in [1.82, 2.24) is 5.32 Å². The molecule has 3 nitrogen and oxygen atoms in total. The molecule has 2 rings (SSSR count). The average molecular weight is 277 g/mol. The number of hydrogen-bond acceptors (Lipinski definition) is 3. The van der Waals surface area contributed by atoms with Gasteiger partial charge in [0.1, 0.15) is 11.9 Å². The summed E-state index contributed by atoms with van der Waals surface area (Å²) in [5.41, 5.74) is 2.55. The Kier molecular flexibility index (Phi) is 5.86. The van der Waals surface area contributed by atoms with Crippen LogP contribution in [0.15, 0.2) is 18.2 Å². The fourth-order valence-electron chi connectivity index (χ4n) is 2.56. The van der Waals surface area contributed by atoms with Gasteiger partial charge in [-0.05, 0) is 32.9 Å². The quantitative estimate of drug-likeness (QED) is 0.861. The first-order valence-corrected chi connectivity index (χ1v) is 7.79. The minimum Gasteiger partial charge on any atom is -0.490 e. The first-order valence-electron chi connectivity index (χ1n) is 7.79. The standard InChI is InChI=1S/C17H27NO2/c1-4-9-18-14(3)16-12-13(2)5-6-17(16)20-15-7-10-19-11-8-15/h5-6,12,14-15,18H,4,7-11H2,1-3H3. The molecular formula is C17H27NO2. The van der Waals surface area contributed by atoms with Crippen molar-refractivity contribution in [3.05, 3.63) is 29.3 Å². The van der Waals surface area contributed by atoms with Crippen LogP contribution in [-0.4, -0.2) is 25.9 Å². The van der Waals surface area contributed by atoms with E-state index in [4.69, 9.17) is 9.47 Å². The normalized spacial score (nSPS) is 17.9. The number of ether oxygens (including phenoxy) is 2. The number of aryl methyl sites for hydroxylation is 1. The Morgan fingerprint density at radius 3 is 2.80 bits per heavy atom. The highest BCUT2D eigenvalue weighted by atomic mass is 16.5. The van der Waals surface area contributed by atoms with Crippen molar-refractivity contribution < 1.29 is 9.47 Å². The van der Waals surface area contributed by atoms with Crippen LogP contribution in [0.5, 0.6) is 5.75 Å². The van der Waals surface area contributed by atoms with Crippen LogP contribution in [0.1, 0.15) is 50.3 Å². The molecule has 0 amide bonds. The van der Waals surface area contributed by atoms with Crippen LogP contribution in [0, 0.1) is 6.92 Å². The van der Waals surface area contributed by atoms with Gasteiger partial charge >= 0.3 is 0 Å². The lowest BCUT2D eigenvalue weighted by Gasteiger charge is -2.26. The molecule has 112 valence electrons. The Morgan fingerprint density at radius 1 is 1.35 bits per heavy atom. The zero-order valence-corrected chi connectivity index (χ0v) is 12.9. The molecule has 1 N–H and O–H groups in total. The summed E-state index contributed by atoms with van der Waals surface area (Å²) in [5.74, 6) is 1.03. The van der Waals surface area contributed by atoms with Crippen molar-refractivity contribution in [3.63, 3.8) is 0 Å². The highest BCUT2D eigenvalue weighted by Gasteiger charge is 2.18. The minimum absolute atomic E-state index is 0.295. The smallest absolute Gasteiger partial charge is 0.124 e. The van der Waals surface area contributed by atoms with E-state index in [2.05, 4.69) is 44.3 Å². The largest absolute Gasteiger partial charge is 0.490 e. The van der Waals surface area contributed by atoms with Crippen LogP contribution in [0.4, 0.5) is 0 Å². The molecule has 3 heteroatoms. The number of rotatable bonds is 6. The maximum Gasteiger partial charge on any atom is 0.124 e. The minimum atomic E-state index is 0.295. The molecule has 1 saturated heterocycles. The van der Waals surface area contributed by atoms with Crippen molar-refractivity contribution >= 4 is 0 Å². The zero-order valence-electron chi connectivity index (χ0n) is 12.9. The molecule has 1 aromatic rings. The lowest BCUT2D eigenvalue weighted by atomic mass is 10.0. The second-order valence-electron chi connectivity index (χ2n) is 5.65. The summed E-state index contributed by atoms with van der Waals surface area (Å²) in [6.07, 6.45) is 3.42. The van der Waals surface area contributed by atoms with E-state index in [9.17, 15) is 0 Å². The summed E-state index contributed by atoms with van der Waals surface area (Å²) in [6, 6.07) is 6.81. The van der Waals surface area contributed by atoms with Gasteiger partial charge in [0.2, 0.25) is 0 Å². The summed E-state index contributed by atoms with van der Waals surface area (Å²) >= 11 is 0. The molecule has 1 heterocycles. The highest BCUT2D eigenvalue weighted by Crippen LogP contribution is 2.28. The van der Waals surface area contributed by atoms with E-state index in [0.717, 1.165) is 44.8 Å². The van der Waals surface area contributed by atoms with E-state index >= 15 is 0 Å². The van der Waals surface area contributed by atoms with Crippen molar-refractivity contribution in [2.24, 2.45) is 0 Å². The predicted molar refractivity (Wildman–Crippen MR) is 82.4 cm³/mol. The maximum absolute atomic E-state index is 6.22. The third-order valence-electron chi connectivity index (χ3n) is 3.79. The summed E-state index contributed by atoms with van der Waals surface area (Å²) in [7, 11) is 0. The average Bonchev–Trinajstić information content (AvgIpc) is 2.47. The fourth-order valence-corrected chi connectivity index (χ4v) is 2.56. The maximum atomic E-state index is 6.22. The second-order valence-corrected chi connectivity index (χ2v) is 5.65. The zero-order chi connectivity index (χ0) is 14.4. The van der Waals surface area contributed by atoms with E-state index in [1.807, 2.05) is 0 Å². The third kappa shape index (κ3) is 4.22. The van der Waals surface area contributed by atoms with Gasteiger partial charge in [0, 0.05) is 24.4 Å². The van der Waals surface area contributed by atoms with Crippen LogP contribution in [0.2, 0.25) is 0 Å². The van der Waals surface area contributed by atoms with Gasteiger partial charge in [-0.25, -0.2) is 0 Å². The van der Waals surface area contributed by atoms with Crippen molar-refractivity contribution in [2.75, 3.05) is 19.8 Å². The summed E-state index contributed by atoms with van der Waals surface area (Å²) in [4.78, 5) is 0. The number of hydrogen-bond donors (Lipinski definition) is 1. The highest BCUT2D eigenvalue weighted by molar-refractivity contribution is 5.39. The molecule has 0 bridgehead atoms. The fraction of sp³-hybridized carbons (Fsp3) is 0.647. The lowest BCUT2D eigenvalue weighted by Crippen LogP contribution is -2.27. The van der Waals surface area contributed by atoms with Crippen molar-refractivity contribution in [1.29, 1.82) is 0 Å². The number of benzene rings is 1. The summed E-state index contributed by atoms with van der Waals surface area (Å²) < 4.78 is 11.6. The van der Waals surface area contributed by atoms with Gasteiger partial charge in [0.05, 0.1) is 13.2 Å². The Morgan fingerprint density at radius 2 is 2.10 bits per heavy atom.